The average Bonchev–Trinajstić information content (AvgIpc) is 2.65. The van der Waals surface area contributed by atoms with Gasteiger partial charge in [-0.2, -0.15) is 0 Å². The molecule has 6 nitrogen and oxygen atoms in total. The predicted molar refractivity (Wildman–Crippen MR) is 92.7 cm³/mol. The van der Waals surface area contributed by atoms with Gasteiger partial charge >= 0.3 is 12.1 Å². The number of alkyl carbamates (subject to hydrolysis) is 1. The van der Waals surface area contributed by atoms with Gasteiger partial charge in [0.25, 0.3) is 0 Å². The van der Waals surface area contributed by atoms with Crippen molar-refractivity contribution in [3.8, 4) is 5.75 Å². The van der Waals surface area contributed by atoms with Crippen LogP contribution in [0, 0.1) is 0 Å². The van der Waals surface area contributed by atoms with Crippen LogP contribution < -0.4 is 5.32 Å². The van der Waals surface area contributed by atoms with E-state index in [2.05, 4.69) is 10.1 Å². The smallest absolute Gasteiger partial charge is 0.408 e. The first-order chi connectivity index (χ1) is 12.1. The van der Waals surface area contributed by atoms with Crippen LogP contribution >= 0.6 is 0 Å². The highest BCUT2D eigenvalue weighted by molar-refractivity contribution is 5.84. The van der Waals surface area contributed by atoms with Crippen LogP contribution in [0.2, 0.25) is 0 Å². The Morgan fingerprint density at radius 3 is 2.44 bits per heavy atom. The molecule has 2 aromatic carbocycles. The summed E-state index contributed by atoms with van der Waals surface area (Å²) in [5.74, 6) is -0.476. The first-order valence-electron chi connectivity index (χ1n) is 7.61. The van der Waals surface area contributed by atoms with Gasteiger partial charge in [0.15, 0.2) is 0 Å². The molecule has 0 bridgehead atoms. The molecule has 0 saturated heterocycles. The summed E-state index contributed by atoms with van der Waals surface area (Å²) in [5.41, 5.74) is 1.60. The zero-order valence-corrected chi connectivity index (χ0v) is 13.7. The Morgan fingerprint density at radius 2 is 1.80 bits per heavy atom. The van der Waals surface area contributed by atoms with Crippen LogP contribution in [0.1, 0.15) is 11.1 Å². The van der Waals surface area contributed by atoms with E-state index in [9.17, 15) is 14.7 Å². The van der Waals surface area contributed by atoms with Crippen molar-refractivity contribution in [3.05, 3.63) is 71.8 Å². The van der Waals surface area contributed by atoms with Crippen LogP contribution in [-0.2, 0) is 20.9 Å². The lowest BCUT2D eigenvalue weighted by molar-refractivity contribution is -0.141. The van der Waals surface area contributed by atoms with Crippen LogP contribution in [0.5, 0.6) is 5.75 Å². The zero-order valence-electron chi connectivity index (χ0n) is 13.7. The predicted octanol–water partition coefficient (Wildman–Crippen LogP) is 2.87. The number of carbonyl (C=O) groups excluding carboxylic acids is 2. The maximum atomic E-state index is 11.9. The van der Waals surface area contributed by atoms with Gasteiger partial charge in [-0.3, -0.25) is 0 Å². The van der Waals surface area contributed by atoms with Gasteiger partial charge in [0.2, 0.25) is 0 Å². The quantitative estimate of drug-likeness (QED) is 0.789. The third-order valence-electron chi connectivity index (χ3n) is 3.32. The van der Waals surface area contributed by atoms with Gasteiger partial charge in [0.1, 0.15) is 18.4 Å². The van der Waals surface area contributed by atoms with Crippen molar-refractivity contribution in [1.82, 2.24) is 5.32 Å². The number of nitrogens with one attached hydrogen (secondary N) is 1. The molecule has 0 aromatic heterocycles. The monoisotopic (exact) mass is 341 g/mol. The normalized spacial score (nSPS) is 11.7. The van der Waals surface area contributed by atoms with E-state index < -0.39 is 18.1 Å². The van der Waals surface area contributed by atoms with E-state index in [1.165, 1.54) is 25.3 Å². The van der Waals surface area contributed by atoms with Gasteiger partial charge in [-0.05, 0) is 23.3 Å². The van der Waals surface area contributed by atoms with Gasteiger partial charge in [0.05, 0.1) is 7.11 Å². The minimum Gasteiger partial charge on any atom is -0.508 e. The summed E-state index contributed by atoms with van der Waals surface area (Å²) in [4.78, 5) is 23.7. The summed E-state index contributed by atoms with van der Waals surface area (Å²) >= 11 is 0. The highest BCUT2D eigenvalue weighted by atomic mass is 16.6. The lowest BCUT2D eigenvalue weighted by Crippen LogP contribution is -2.40. The molecule has 0 radical (unpaired) electrons. The molecule has 25 heavy (non-hydrogen) atoms. The standard InChI is InChI=1S/C19H19NO5/c1-24-18(22)17(12-9-14-7-10-16(21)11-8-14)20-19(23)25-13-15-5-3-2-4-6-15/h2-12,17,21H,13H2,1H3,(H,20,23)/b12-9+/t17-/m0/s1. The van der Waals surface area contributed by atoms with E-state index >= 15 is 0 Å². The summed E-state index contributed by atoms with van der Waals surface area (Å²) in [5, 5.41) is 11.7. The Bertz CT molecular complexity index is 725. The second kappa shape index (κ2) is 9.12. The Balaban J connectivity index is 1.96. The number of hydrogen-bond donors (Lipinski definition) is 2. The first-order valence-corrected chi connectivity index (χ1v) is 7.61. The van der Waals surface area contributed by atoms with Crippen molar-refractivity contribution >= 4 is 18.1 Å². The summed E-state index contributed by atoms with van der Waals surface area (Å²) < 4.78 is 9.78. The molecule has 2 aromatic rings. The number of ether oxygens (including phenoxy) is 2. The van der Waals surface area contributed by atoms with Gasteiger partial charge in [-0.1, -0.05) is 54.6 Å². The topological polar surface area (TPSA) is 84.9 Å². The number of amides is 1. The average molecular weight is 341 g/mol. The summed E-state index contributed by atoms with van der Waals surface area (Å²) in [6, 6.07) is 14.6. The highest BCUT2D eigenvalue weighted by Crippen LogP contribution is 2.11. The maximum absolute atomic E-state index is 11.9. The lowest BCUT2D eigenvalue weighted by Gasteiger charge is -2.13. The molecule has 2 rings (SSSR count). The SMILES string of the molecule is COC(=O)[C@H](/C=C/c1ccc(O)cc1)NC(=O)OCc1ccccc1. The van der Waals surface area contributed by atoms with Gasteiger partial charge in [-0.25, -0.2) is 9.59 Å². The van der Waals surface area contributed by atoms with Crippen molar-refractivity contribution in [2.75, 3.05) is 7.11 Å². The van der Waals surface area contributed by atoms with Crippen molar-refractivity contribution in [2.45, 2.75) is 12.6 Å². The largest absolute Gasteiger partial charge is 0.508 e. The Hall–Kier alpha value is -3.28. The Labute approximate surface area is 145 Å². The minimum absolute atomic E-state index is 0.0994. The fourth-order valence-corrected chi connectivity index (χ4v) is 2.00. The van der Waals surface area contributed by atoms with E-state index in [0.717, 1.165) is 11.1 Å². The molecular formula is C19H19NO5. The molecule has 2 N–H and O–H groups in total. The van der Waals surface area contributed by atoms with E-state index in [1.807, 2.05) is 30.3 Å². The van der Waals surface area contributed by atoms with Crippen LogP contribution in [-0.4, -0.2) is 30.3 Å². The van der Waals surface area contributed by atoms with Crippen molar-refractivity contribution in [1.29, 1.82) is 0 Å². The number of carbonyl (C=O) groups is 2. The number of methoxy groups -OCH3 is 1. The van der Waals surface area contributed by atoms with E-state index in [1.54, 1.807) is 18.2 Å². The van der Waals surface area contributed by atoms with Gasteiger partial charge in [-0.15, -0.1) is 0 Å². The molecule has 0 aliphatic rings. The van der Waals surface area contributed by atoms with Crippen molar-refractivity contribution < 1.29 is 24.2 Å². The molecule has 1 amide bonds. The Kier molecular flexibility index (Phi) is 6.59. The molecule has 0 unspecified atom stereocenters. The molecule has 0 fully saturated rings. The first kappa shape index (κ1) is 18.1. The van der Waals surface area contributed by atoms with E-state index in [0.29, 0.717) is 0 Å². The molecule has 0 aliphatic heterocycles. The number of hydrogen-bond acceptors (Lipinski definition) is 5. The third-order valence-corrected chi connectivity index (χ3v) is 3.32. The van der Waals surface area contributed by atoms with Gasteiger partial charge < -0.3 is 19.9 Å². The fraction of sp³-hybridized carbons (Fsp3) is 0.158. The van der Waals surface area contributed by atoms with Crippen molar-refractivity contribution in [3.63, 3.8) is 0 Å². The van der Waals surface area contributed by atoms with E-state index in [-0.39, 0.29) is 12.4 Å². The fourth-order valence-electron chi connectivity index (χ4n) is 2.00. The number of rotatable bonds is 6. The molecule has 0 aliphatic carbocycles. The number of phenols is 1. The van der Waals surface area contributed by atoms with Crippen LogP contribution in [0.4, 0.5) is 4.79 Å². The molecule has 0 saturated carbocycles. The van der Waals surface area contributed by atoms with Gasteiger partial charge in [0, 0.05) is 0 Å². The summed E-state index contributed by atoms with van der Waals surface area (Å²) in [6.07, 6.45) is 2.40. The second-order valence-electron chi connectivity index (χ2n) is 5.16. The minimum atomic E-state index is -0.984. The molecule has 6 heteroatoms. The Morgan fingerprint density at radius 1 is 1.12 bits per heavy atom. The van der Waals surface area contributed by atoms with Crippen LogP contribution in [0.15, 0.2) is 60.7 Å². The molecular weight excluding hydrogens is 322 g/mol. The summed E-state index contributed by atoms with van der Waals surface area (Å²) in [6.45, 7) is 0.0994. The van der Waals surface area contributed by atoms with Crippen LogP contribution in [0.25, 0.3) is 6.08 Å². The number of phenolic OH excluding ortho intramolecular Hbond substituents is 1. The second-order valence-corrected chi connectivity index (χ2v) is 5.16. The van der Waals surface area contributed by atoms with E-state index in [4.69, 9.17) is 4.74 Å². The van der Waals surface area contributed by atoms with Crippen LogP contribution in [0.3, 0.4) is 0 Å². The third kappa shape index (κ3) is 6.02. The highest BCUT2D eigenvalue weighted by Gasteiger charge is 2.19. The molecule has 130 valence electrons. The molecule has 0 spiro atoms. The summed E-state index contributed by atoms with van der Waals surface area (Å²) in [7, 11) is 1.24. The maximum Gasteiger partial charge on any atom is 0.408 e. The number of aromatic hydroxyl groups is 1. The molecule has 1 atom stereocenters. The zero-order chi connectivity index (χ0) is 18.1. The van der Waals surface area contributed by atoms with Crippen molar-refractivity contribution in [2.24, 2.45) is 0 Å². The number of benzene rings is 2. The molecule has 0 heterocycles. The lowest BCUT2D eigenvalue weighted by atomic mass is 10.1. The number of esters is 1.